The van der Waals surface area contributed by atoms with E-state index < -0.39 is 10.0 Å². The van der Waals surface area contributed by atoms with Gasteiger partial charge in [-0.2, -0.15) is 0 Å². The second-order valence-corrected chi connectivity index (χ2v) is 8.16. The highest BCUT2D eigenvalue weighted by atomic mass is 79.9. The van der Waals surface area contributed by atoms with Crippen molar-refractivity contribution in [3.63, 3.8) is 0 Å². The molecule has 0 amide bonds. The molecule has 4 nitrogen and oxygen atoms in total. The Labute approximate surface area is 137 Å². The highest BCUT2D eigenvalue weighted by Crippen LogP contribution is 2.41. The van der Waals surface area contributed by atoms with Crippen LogP contribution in [0.2, 0.25) is 0 Å². The first kappa shape index (κ1) is 14.0. The van der Waals surface area contributed by atoms with Crippen molar-refractivity contribution in [3.05, 3.63) is 58.8 Å². The molecule has 4 rings (SSSR count). The lowest BCUT2D eigenvalue weighted by Gasteiger charge is -2.10. The van der Waals surface area contributed by atoms with Gasteiger partial charge in [0, 0.05) is 10.4 Å². The molecular formula is C16H13BrN2O2S. The van der Waals surface area contributed by atoms with Crippen LogP contribution in [0.1, 0.15) is 24.6 Å². The van der Waals surface area contributed by atoms with Crippen LogP contribution in [-0.4, -0.2) is 17.4 Å². The minimum absolute atomic E-state index is 0.248. The summed E-state index contributed by atoms with van der Waals surface area (Å²) in [6.07, 6.45) is 2.00. The molecule has 112 valence electrons. The highest BCUT2D eigenvalue weighted by molar-refractivity contribution is 9.10. The Bertz CT molecular complexity index is 957. The Morgan fingerprint density at radius 1 is 1.05 bits per heavy atom. The van der Waals surface area contributed by atoms with Crippen molar-refractivity contribution in [3.8, 4) is 0 Å². The van der Waals surface area contributed by atoms with Crippen molar-refractivity contribution in [2.75, 3.05) is 0 Å². The van der Waals surface area contributed by atoms with E-state index in [0.717, 1.165) is 22.8 Å². The van der Waals surface area contributed by atoms with Gasteiger partial charge in [0.1, 0.15) is 5.82 Å². The molecule has 2 aromatic carbocycles. The van der Waals surface area contributed by atoms with Crippen LogP contribution in [0.15, 0.2) is 57.9 Å². The Morgan fingerprint density at radius 3 is 2.41 bits per heavy atom. The van der Waals surface area contributed by atoms with E-state index in [-0.39, 0.29) is 10.8 Å². The lowest BCUT2D eigenvalue weighted by Crippen LogP contribution is -2.15. The zero-order valence-corrected chi connectivity index (χ0v) is 14.0. The molecule has 22 heavy (non-hydrogen) atoms. The number of benzene rings is 2. The van der Waals surface area contributed by atoms with E-state index in [4.69, 9.17) is 0 Å². The van der Waals surface area contributed by atoms with E-state index in [0.29, 0.717) is 11.3 Å². The van der Waals surface area contributed by atoms with Gasteiger partial charge in [-0.15, -0.1) is 0 Å². The van der Waals surface area contributed by atoms with Crippen LogP contribution in [0.3, 0.4) is 0 Å². The van der Waals surface area contributed by atoms with E-state index in [9.17, 15) is 8.42 Å². The molecule has 1 heterocycles. The van der Waals surface area contributed by atoms with Gasteiger partial charge in [0.25, 0.3) is 10.0 Å². The van der Waals surface area contributed by atoms with Gasteiger partial charge in [-0.1, -0.05) is 28.1 Å². The molecule has 1 aliphatic rings. The maximum atomic E-state index is 13.1. The molecule has 0 aliphatic heterocycles. The summed E-state index contributed by atoms with van der Waals surface area (Å²) in [4.78, 5) is 4.84. The fourth-order valence-electron chi connectivity index (χ4n) is 2.59. The summed E-state index contributed by atoms with van der Waals surface area (Å²) in [5.74, 6) is 0.904. The second-order valence-electron chi connectivity index (χ2n) is 5.46. The fraction of sp³-hybridized carbons (Fsp3) is 0.188. The van der Waals surface area contributed by atoms with Gasteiger partial charge in [0.05, 0.1) is 15.9 Å². The van der Waals surface area contributed by atoms with Gasteiger partial charge in [0.15, 0.2) is 0 Å². The van der Waals surface area contributed by atoms with Gasteiger partial charge >= 0.3 is 0 Å². The number of aromatic nitrogens is 2. The number of hydrogen-bond acceptors (Lipinski definition) is 3. The van der Waals surface area contributed by atoms with E-state index >= 15 is 0 Å². The number of halogens is 1. The molecule has 6 heteroatoms. The van der Waals surface area contributed by atoms with Crippen LogP contribution in [0.25, 0.3) is 11.0 Å². The third-order valence-corrected chi connectivity index (χ3v) is 6.10. The minimum atomic E-state index is -3.64. The average Bonchev–Trinajstić information content (AvgIpc) is 3.27. The fourth-order valence-corrected chi connectivity index (χ4v) is 4.39. The summed E-state index contributed by atoms with van der Waals surface area (Å²) in [6, 6.07) is 14.1. The van der Waals surface area contributed by atoms with Gasteiger partial charge in [-0.25, -0.2) is 17.4 Å². The van der Waals surface area contributed by atoms with Gasteiger partial charge in [-0.3, -0.25) is 0 Å². The summed E-state index contributed by atoms with van der Waals surface area (Å²) in [7, 11) is -3.64. The molecule has 1 aliphatic carbocycles. The summed E-state index contributed by atoms with van der Waals surface area (Å²) >= 11 is 3.33. The van der Waals surface area contributed by atoms with Crippen LogP contribution in [0.4, 0.5) is 0 Å². The quantitative estimate of drug-likeness (QED) is 0.695. The van der Waals surface area contributed by atoms with E-state index in [1.54, 1.807) is 24.3 Å². The Balaban J connectivity index is 1.99. The summed E-state index contributed by atoms with van der Waals surface area (Å²) in [5.41, 5.74) is 1.37. The average molecular weight is 377 g/mol. The van der Waals surface area contributed by atoms with E-state index in [2.05, 4.69) is 20.9 Å². The third-order valence-electron chi connectivity index (χ3n) is 3.84. The lowest BCUT2D eigenvalue weighted by molar-refractivity contribution is 0.586. The number of nitrogens with zero attached hydrogens (tertiary/aromatic N) is 2. The van der Waals surface area contributed by atoms with Gasteiger partial charge in [-0.05, 0) is 49.2 Å². The summed E-state index contributed by atoms with van der Waals surface area (Å²) in [5, 5.41) is 0. The first-order valence-corrected chi connectivity index (χ1v) is 9.29. The van der Waals surface area contributed by atoms with Crippen LogP contribution >= 0.6 is 15.9 Å². The van der Waals surface area contributed by atoms with E-state index in [1.807, 2.05) is 24.3 Å². The normalized spacial score (nSPS) is 15.3. The summed E-state index contributed by atoms with van der Waals surface area (Å²) in [6.45, 7) is 0. The monoisotopic (exact) mass is 376 g/mol. The predicted octanol–water partition coefficient (Wildman–Crippen LogP) is 3.91. The molecule has 1 aromatic heterocycles. The SMILES string of the molecule is O=S(=O)(c1ccc(Br)cc1)n1c(C2CC2)nc2ccccc21. The number of fused-ring (bicyclic) bond motifs is 1. The van der Waals surface area contributed by atoms with Crippen molar-refractivity contribution in [1.29, 1.82) is 0 Å². The van der Waals surface area contributed by atoms with Crippen LogP contribution in [0.5, 0.6) is 0 Å². The zero-order valence-electron chi connectivity index (χ0n) is 11.6. The van der Waals surface area contributed by atoms with Crippen LogP contribution in [0, 0.1) is 0 Å². The minimum Gasteiger partial charge on any atom is -0.232 e. The number of imidazole rings is 1. The molecule has 0 unspecified atom stereocenters. The molecular weight excluding hydrogens is 364 g/mol. The standard InChI is InChI=1S/C16H13BrN2O2S/c17-12-7-9-13(10-8-12)22(20,21)19-15-4-2-1-3-14(15)18-16(19)11-5-6-11/h1-4,7-11H,5-6H2. The van der Waals surface area contributed by atoms with Gasteiger partial charge < -0.3 is 0 Å². The largest absolute Gasteiger partial charge is 0.269 e. The smallest absolute Gasteiger partial charge is 0.232 e. The van der Waals surface area contributed by atoms with Crippen molar-refractivity contribution in [2.45, 2.75) is 23.7 Å². The summed E-state index contributed by atoms with van der Waals surface area (Å²) < 4.78 is 28.4. The zero-order chi connectivity index (χ0) is 15.3. The van der Waals surface area contributed by atoms with Crippen molar-refractivity contribution in [2.24, 2.45) is 0 Å². The van der Waals surface area contributed by atoms with Crippen LogP contribution in [-0.2, 0) is 10.0 Å². The molecule has 0 radical (unpaired) electrons. The Kier molecular flexibility index (Phi) is 3.13. The first-order valence-electron chi connectivity index (χ1n) is 7.06. The number of hydrogen-bond donors (Lipinski definition) is 0. The molecule has 0 N–H and O–H groups in total. The predicted molar refractivity (Wildman–Crippen MR) is 88.4 cm³/mol. The molecule has 0 atom stereocenters. The van der Waals surface area contributed by atoms with Gasteiger partial charge in [0.2, 0.25) is 0 Å². The number of rotatable bonds is 3. The molecule has 3 aromatic rings. The van der Waals surface area contributed by atoms with E-state index in [1.165, 1.54) is 3.97 Å². The molecule has 1 saturated carbocycles. The van der Waals surface area contributed by atoms with Crippen LogP contribution < -0.4 is 0 Å². The Morgan fingerprint density at radius 2 is 1.73 bits per heavy atom. The maximum Gasteiger partial charge on any atom is 0.269 e. The maximum absolute atomic E-state index is 13.1. The molecule has 0 saturated heterocycles. The lowest BCUT2D eigenvalue weighted by atomic mass is 10.3. The van der Waals surface area contributed by atoms with Crippen molar-refractivity contribution in [1.82, 2.24) is 8.96 Å². The van der Waals surface area contributed by atoms with Crippen molar-refractivity contribution >= 4 is 37.0 Å². The number of para-hydroxylation sites is 2. The Hall–Kier alpha value is -1.66. The second kappa shape index (κ2) is 4.93. The molecule has 1 fully saturated rings. The third kappa shape index (κ3) is 2.18. The molecule has 0 spiro atoms. The van der Waals surface area contributed by atoms with Crippen molar-refractivity contribution < 1.29 is 8.42 Å². The highest BCUT2D eigenvalue weighted by Gasteiger charge is 2.34. The molecule has 0 bridgehead atoms. The first-order chi connectivity index (χ1) is 10.6. The topological polar surface area (TPSA) is 52.0 Å².